The fraction of sp³-hybridized carbons (Fsp3) is 0.259. The molecule has 182 valence electrons. The van der Waals surface area contributed by atoms with E-state index in [0.29, 0.717) is 22.9 Å². The van der Waals surface area contributed by atoms with Gasteiger partial charge in [-0.15, -0.1) is 0 Å². The summed E-state index contributed by atoms with van der Waals surface area (Å²) in [6.45, 7) is 7.68. The highest BCUT2D eigenvalue weighted by Gasteiger charge is 2.18. The van der Waals surface area contributed by atoms with Crippen LogP contribution in [0.4, 0.5) is 11.4 Å². The molecule has 0 spiro atoms. The summed E-state index contributed by atoms with van der Waals surface area (Å²) in [5, 5.41) is 6.62. The van der Waals surface area contributed by atoms with Crippen molar-refractivity contribution in [3.63, 3.8) is 0 Å². The molecule has 0 atom stereocenters. The van der Waals surface area contributed by atoms with Gasteiger partial charge in [0.2, 0.25) is 0 Å². The number of carbonyl (C=O) groups is 1. The van der Waals surface area contributed by atoms with E-state index in [2.05, 4.69) is 27.4 Å². The van der Waals surface area contributed by atoms with Crippen LogP contribution in [0.1, 0.15) is 22.8 Å². The summed E-state index contributed by atoms with van der Waals surface area (Å²) in [4.78, 5) is 17.3. The molecule has 1 heterocycles. The van der Waals surface area contributed by atoms with Crippen molar-refractivity contribution in [2.45, 2.75) is 13.5 Å². The minimum atomic E-state index is -0.298. The van der Waals surface area contributed by atoms with Crippen LogP contribution in [0, 0.1) is 0 Å². The first-order chi connectivity index (χ1) is 17.0. The standard InChI is InChI=1S/C27H29ClN4O2S/c1-2-31-14-16-32(17-15-31)25-13-10-22(18-24(25)28)29-27(35)30-26(33)21-8-11-23(12-9-21)34-19-20-6-4-3-5-7-20/h3-13,18H,2,14-17,19H2,1H3,(H2,29,30,33,35). The SMILES string of the molecule is CCN1CCN(c2ccc(NC(=S)NC(=O)c3ccc(OCc4ccccc4)cc3)cc2Cl)CC1. The summed E-state index contributed by atoms with van der Waals surface area (Å²) < 4.78 is 5.77. The van der Waals surface area contributed by atoms with Gasteiger partial charge in [0, 0.05) is 37.4 Å². The zero-order chi connectivity index (χ0) is 24.6. The number of anilines is 2. The number of hydrogen-bond acceptors (Lipinski definition) is 5. The van der Waals surface area contributed by atoms with E-state index >= 15 is 0 Å². The molecule has 4 rings (SSSR count). The number of amides is 1. The number of nitrogens with zero attached hydrogens (tertiary/aromatic N) is 2. The second kappa shape index (κ2) is 12.0. The maximum atomic E-state index is 12.6. The minimum absolute atomic E-state index is 0.208. The van der Waals surface area contributed by atoms with Crippen LogP contribution < -0.4 is 20.3 Å². The summed E-state index contributed by atoms with van der Waals surface area (Å²) in [5.74, 6) is 0.394. The molecule has 0 bridgehead atoms. The Bertz CT molecular complexity index is 1150. The van der Waals surface area contributed by atoms with E-state index in [1.165, 1.54) is 0 Å². The summed E-state index contributed by atoms with van der Waals surface area (Å²) in [6.07, 6.45) is 0. The number of carbonyl (C=O) groups excluding carboxylic acids is 1. The van der Waals surface area contributed by atoms with Gasteiger partial charge in [-0.3, -0.25) is 10.1 Å². The number of likely N-dealkylation sites (N-methyl/N-ethyl adjacent to an activating group) is 1. The second-order valence-corrected chi connectivity index (χ2v) is 9.11. The first-order valence-electron chi connectivity index (χ1n) is 11.7. The molecule has 8 heteroatoms. The predicted molar refractivity (Wildman–Crippen MR) is 147 cm³/mol. The van der Waals surface area contributed by atoms with E-state index in [1.54, 1.807) is 24.3 Å². The third kappa shape index (κ3) is 6.94. The highest BCUT2D eigenvalue weighted by Crippen LogP contribution is 2.29. The molecular formula is C27H29ClN4O2S. The van der Waals surface area contributed by atoms with Crippen molar-refractivity contribution in [3.05, 3.63) is 88.9 Å². The largest absolute Gasteiger partial charge is 0.489 e. The van der Waals surface area contributed by atoms with Crippen LogP contribution in [-0.2, 0) is 6.61 Å². The molecule has 1 amide bonds. The Morgan fingerprint density at radius 3 is 2.37 bits per heavy atom. The normalized spacial score (nSPS) is 13.8. The molecule has 35 heavy (non-hydrogen) atoms. The lowest BCUT2D eigenvalue weighted by atomic mass is 10.2. The van der Waals surface area contributed by atoms with Crippen LogP contribution in [0.3, 0.4) is 0 Å². The fourth-order valence-corrected chi connectivity index (χ4v) is 4.44. The third-order valence-electron chi connectivity index (χ3n) is 5.96. The van der Waals surface area contributed by atoms with Crippen molar-refractivity contribution in [2.75, 3.05) is 42.9 Å². The van der Waals surface area contributed by atoms with Crippen LogP contribution >= 0.6 is 23.8 Å². The van der Waals surface area contributed by atoms with Crippen LogP contribution in [-0.4, -0.2) is 48.6 Å². The first-order valence-corrected chi connectivity index (χ1v) is 12.5. The highest BCUT2D eigenvalue weighted by molar-refractivity contribution is 7.80. The van der Waals surface area contributed by atoms with Crippen molar-refractivity contribution in [3.8, 4) is 5.75 Å². The zero-order valence-electron chi connectivity index (χ0n) is 19.7. The van der Waals surface area contributed by atoms with E-state index in [0.717, 1.165) is 49.7 Å². The lowest BCUT2D eigenvalue weighted by Gasteiger charge is -2.36. The Morgan fingerprint density at radius 2 is 1.71 bits per heavy atom. The van der Waals surface area contributed by atoms with Crippen LogP contribution in [0.25, 0.3) is 0 Å². The molecule has 3 aromatic rings. The number of rotatable bonds is 7. The molecule has 3 aromatic carbocycles. The van der Waals surface area contributed by atoms with Gasteiger partial charge in [-0.1, -0.05) is 48.9 Å². The molecule has 1 saturated heterocycles. The van der Waals surface area contributed by atoms with Crippen LogP contribution in [0.15, 0.2) is 72.8 Å². The fourth-order valence-electron chi connectivity index (χ4n) is 3.93. The van der Waals surface area contributed by atoms with E-state index in [9.17, 15) is 4.79 Å². The van der Waals surface area contributed by atoms with Gasteiger partial charge in [0.1, 0.15) is 12.4 Å². The quantitative estimate of drug-likeness (QED) is 0.428. The van der Waals surface area contributed by atoms with Crippen molar-refractivity contribution in [2.24, 2.45) is 0 Å². The van der Waals surface area contributed by atoms with Crippen LogP contribution in [0.5, 0.6) is 5.75 Å². The smallest absolute Gasteiger partial charge is 0.257 e. The molecule has 1 fully saturated rings. The van der Waals surface area contributed by atoms with Gasteiger partial charge in [-0.05, 0) is 66.8 Å². The Hall–Kier alpha value is -3.13. The Morgan fingerprint density at radius 1 is 1.00 bits per heavy atom. The number of piperazine rings is 1. The number of nitrogens with one attached hydrogen (secondary N) is 2. The molecule has 1 aliphatic rings. The van der Waals surface area contributed by atoms with Crippen molar-refractivity contribution < 1.29 is 9.53 Å². The summed E-state index contributed by atoms with van der Waals surface area (Å²) in [6, 6.07) is 22.6. The van der Waals surface area contributed by atoms with E-state index in [1.807, 2.05) is 48.5 Å². The summed E-state index contributed by atoms with van der Waals surface area (Å²) in [7, 11) is 0. The van der Waals surface area contributed by atoms with Gasteiger partial charge >= 0.3 is 0 Å². The second-order valence-electron chi connectivity index (χ2n) is 8.29. The predicted octanol–water partition coefficient (Wildman–Crippen LogP) is 5.19. The molecule has 0 unspecified atom stereocenters. The maximum absolute atomic E-state index is 12.6. The Labute approximate surface area is 216 Å². The third-order valence-corrected chi connectivity index (χ3v) is 6.46. The van der Waals surface area contributed by atoms with Gasteiger partial charge in [0.05, 0.1) is 10.7 Å². The summed E-state index contributed by atoms with van der Waals surface area (Å²) in [5.41, 5.74) is 3.30. The van der Waals surface area contributed by atoms with Crippen LogP contribution in [0.2, 0.25) is 5.02 Å². The molecule has 0 aromatic heterocycles. The summed E-state index contributed by atoms with van der Waals surface area (Å²) >= 11 is 11.9. The van der Waals surface area contributed by atoms with E-state index < -0.39 is 0 Å². The number of halogens is 1. The van der Waals surface area contributed by atoms with Gasteiger partial charge in [0.25, 0.3) is 5.91 Å². The van der Waals surface area contributed by atoms with E-state index in [4.69, 9.17) is 28.6 Å². The molecule has 6 nitrogen and oxygen atoms in total. The average molecular weight is 509 g/mol. The number of benzene rings is 3. The lowest BCUT2D eigenvalue weighted by Crippen LogP contribution is -2.46. The number of thiocarbonyl (C=S) groups is 1. The Balaban J connectivity index is 1.28. The number of ether oxygens (including phenoxy) is 1. The molecule has 0 saturated carbocycles. The van der Waals surface area contributed by atoms with E-state index in [-0.39, 0.29) is 11.0 Å². The minimum Gasteiger partial charge on any atom is -0.489 e. The average Bonchev–Trinajstić information content (AvgIpc) is 2.88. The molecular weight excluding hydrogens is 480 g/mol. The topological polar surface area (TPSA) is 56.8 Å². The first kappa shape index (κ1) is 25.0. The molecule has 1 aliphatic heterocycles. The van der Waals surface area contributed by atoms with Gasteiger partial charge in [-0.2, -0.15) is 0 Å². The maximum Gasteiger partial charge on any atom is 0.257 e. The van der Waals surface area contributed by atoms with Crippen molar-refractivity contribution in [1.29, 1.82) is 0 Å². The van der Waals surface area contributed by atoms with Gasteiger partial charge in [0.15, 0.2) is 5.11 Å². The van der Waals surface area contributed by atoms with Gasteiger partial charge < -0.3 is 19.9 Å². The Kier molecular flexibility index (Phi) is 8.58. The molecule has 0 radical (unpaired) electrons. The van der Waals surface area contributed by atoms with Gasteiger partial charge in [-0.25, -0.2) is 0 Å². The lowest BCUT2D eigenvalue weighted by molar-refractivity contribution is 0.0977. The molecule has 2 N–H and O–H groups in total. The monoisotopic (exact) mass is 508 g/mol. The van der Waals surface area contributed by atoms with Crippen molar-refractivity contribution in [1.82, 2.24) is 10.2 Å². The zero-order valence-corrected chi connectivity index (χ0v) is 21.2. The van der Waals surface area contributed by atoms with Crippen molar-refractivity contribution >= 4 is 46.2 Å². The molecule has 0 aliphatic carbocycles. The number of hydrogen-bond donors (Lipinski definition) is 2. The highest BCUT2D eigenvalue weighted by atomic mass is 35.5.